The first-order valence-corrected chi connectivity index (χ1v) is 13.0. The van der Waals surface area contributed by atoms with Crippen LogP contribution in [-0.4, -0.2) is 34.1 Å². The molecule has 7 heteroatoms. The zero-order valence-electron chi connectivity index (χ0n) is 19.9. The second-order valence-corrected chi connectivity index (χ2v) is 9.53. The fourth-order valence-corrected chi connectivity index (χ4v) is 5.33. The average Bonchev–Trinajstić information content (AvgIpc) is 3.42. The van der Waals surface area contributed by atoms with Crippen molar-refractivity contribution >= 4 is 23.2 Å². The Kier molecular flexibility index (Phi) is 8.91. The van der Waals surface area contributed by atoms with E-state index in [1.807, 2.05) is 18.4 Å². The van der Waals surface area contributed by atoms with Crippen LogP contribution in [0, 0.1) is 6.92 Å². The fourth-order valence-electron chi connectivity index (χ4n) is 4.63. The van der Waals surface area contributed by atoms with E-state index in [0.717, 1.165) is 55.6 Å². The number of hydrogen-bond donors (Lipinski definition) is 1. The molecule has 0 aliphatic heterocycles. The number of amides is 1. The van der Waals surface area contributed by atoms with Gasteiger partial charge in [-0.1, -0.05) is 46.0 Å². The second-order valence-electron chi connectivity index (χ2n) is 8.67. The summed E-state index contributed by atoms with van der Waals surface area (Å²) in [5, 5.41) is 5.50. The van der Waals surface area contributed by atoms with Crippen molar-refractivity contribution in [3.8, 4) is 11.4 Å². The van der Waals surface area contributed by atoms with E-state index >= 15 is 0 Å². The van der Waals surface area contributed by atoms with Crippen LogP contribution < -0.4 is 5.32 Å². The minimum Gasteiger partial charge on any atom is -0.461 e. The van der Waals surface area contributed by atoms with Gasteiger partial charge in [0, 0.05) is 23.2 Å². The molecule has 2 aromatic heterocycles. The van der Waals surface area contributed by atoms with E-state index in [2.05, 4.69) is 28.7 Å². The first kappa shape index (κ1) is 24.5. The topological polar surface area (TPSA) is 73.2 Å². The lowest BCUT2D eigenvalue weighted by Crippen LogP contribution is -2.34. The smallest absolute Gasteiger partial charge is 0.367 e. The first-order chi connectivity index (χ1) is 15.5. The summed E-state index contributed by atoms with van der Waals surface area (Å²) in [4.78, 5) is 30.0. The summed E-state index contributed by atoms with van der Waals surface area (Å²) in [6.45, 7) is 8.45. The summed E-state index contributed by atoms with van der Waals surface area (Å²) in [7, 11) is 0. The van der Waals surface area contributed by atoms with Crippen molar-refractivity contribution in [2.75, 3.05) is 6.61 Å². The van der Waals surface area contributed by atoms with Crippen LogP contribution in [0.15, 0.2) is 11.4 Å². The van der Waals surface area contributed by atoms with Crippen LogP contribution in [0.25, 0.3) is 11.4 Å². The molecule has 0 saturated heterocycles. The van der Waals surface area contributed by atoms with Crippen LogP contribution in [0.4, 0.5) is 0 Å². The minimum atomic E-state index is -0.393. The molecule has 0 bridgehead atoms. The Hall–Kier alpha value is -2.15. The molecule has 1 aliphatic carbocycles. The number of esters is 1. The quantitative estimate of drug-likeness (QED) is 0.423. The second kappa shape index (κ2) is 11.6. The fraction of sp³-hybridized carbons (Fsp3) is 0.640. The highest BCUT2D eigenvalue weighted by atomic mass is 32.1. The summed E-state index contributed by atoms with van der Waals surface area (Å²) < 4.78 is 7.41. The third kappa shape index (κ3) is 5.61. The molecule has 1 amide bonds. The highest BCUT2D eigenvalue weighted by Crippen LogP contribution is 2.36. The molecule has 2 aromatic rings. The Labute approximate surface area is 195 Å². The number of nitrogens with one attached hydrogen (secondary N) is 1. The Morgan fingerprint density at radius 1 is 1.25 bits per heavy atom. The molecule has 3 rings (SSSR count). The van der Waals surface area contributed by atoms with Gasteiger partial charge in [-0.05, 0) is 45.6 Å². The number of hydrogen-bond acceptors (Lipinski definition) is 5. The van der Waals surface area contributed by atoms with Crippen LogP contribution in [0.5, 0.6) is 0 Å². The molecular formula is C25H37N3O3S. The predicted octanol–water partition coefficient (Wildman–Crippen LogP) is 6.30. The van der Waals surface area contributed by atoms with E-state index in [4.69, 9.17) is 4.74 Å². The third-order valence-corrected chi connectivity index (χ3v) is 7.25. The predicted molar refractivity (Wildman–Crippen MR) is 129 cm³/mol. The lowest BCUT2D eigenvalue weighted by molar-refractivity contribution is 0.0526. The molecule has 6 nitrogen and oxygen atoms in total. The Morgan fingerprint density at radius 2 is 2.00 bits per heavy atom. The Morgan fingerprint density at radius 3 is 2.66 bits per heavy atom. The van der Waals surface area contributed by atoms with Gasteiger partial charge < -0.3 is 14.6 Å². The van der Waals surface area contributed by atoms with Gasteiger partial charge in [-0.2, -0.15) is 0 Å². The van der Waals surface area contributed by atoms with Crippen molar-refractivity contribution in [3.63, 3.8) is 0 Å². The number of nitrogens with zero attached hydrogens (tertiary/aromatic N) is 2. The van der Waals surface area contributed by atoms with Crippen LogP contribution >= 0.6 is 11.3 Å². The van der Waals surface area contributed by atoms with E-state index < -0.39 is 5.97 Å². The number of thiazole rings is 1. The lowest BCUT2D eigenvalue weighted by atomic mass is 9.95. The number of unbranched alkanes of at least 4 members (excludes halogenated alkanes) is 1. The Balaban J connectivity index is 1.95. The van der Waals surface area contributed by atoms with Crippen LogP contribution in [0.1, 0.15) is 110 Å². The van der Waals surface area contributed by atoms with E-state index in [0.29, 0.717) is 23.2 Å². The number of carbonyl (C=O) groups excluding carboxylic acids is 2. The summed E-state index contributed by atoms with van der Waals surface area (Å²) in [5.41, 5.74) is 3.36. The number of rotatable bonds is 10. The zero-order valence-corrected chi connectivity index (χ0v) is 20.7. The van der Waals surface area contributed by atoms with E-state index in [1.165, 1.54) is 30.6 Å². The molecular weight excluding hydrogens is 422 g/mol. The molecule has 32 heavy (non-hydrogen) atoms. The molecule has 1 N–H and O–H groups in total. The molecule has 2 heterocycles. The van der Waals surface area contributed by atoms with Crippen LogP contribution in [0.2, 0.25) is 0 Å². The average molecular weight is 460 g/mol. The molecule has 0 aromatic carbocycles. The van der Waals surface area contributed by atoms with Crippen molar-refractivity contribution in [3.05, 3.63) is 27.7 Å². The summed E-state index contributed by atoms with van der Waals surface area (Å²) in [5.74, 6) is -0.405. The minimum absolute atomic E-state index is 0.0119. The van der Waals surface area contributed by atoms with Gasteiger partial charge in [0.2, 0.25) is 5.01 Å². The Bertz CT molecular complexity index is 912. The van der Waals surface area contributed by atoms with Crippen molar-refractivity contribution in [2.45, 2.75) is 97.6 Å². The van der Waals surface area contributed by atoms with Gasteiger partial charge in [0.25, 0.3) is 5.91 Å². The maximum Gasteiger partial charge on any atom is 0.367 e. The molecule has 0 radical (unpaired) electrons. The van der Waals surface area contributed by atoms with Crippen molar-refractivity contribution in [1.82, 2.24) is 14.9 Å². The van der Waals surface area contributed by atoms with Crippen molar-refractivity contribution < 1.29 is 14.3 Å². The SMILES string of the molecule is CCCCC(CC)NC(=O)c1cc(-c2csc(C(=O)OCC)n2)n(C2CCCCC2)c1C. The highest BCUT2D eigenvalue weighted by Gasteiger charge is 2.27. The maximum atomic E-state index is 13.3. The van der Waals surface area contributed by atoms with Crippen LogP contribution in [-0.2, 0) is 4.74 Å². The molecule has 1 fully saturated rings. The van der Waals surface area contributed by atoms with Crippen LogP contribution in [0.3, 0.4) is 0 Å². The lowest BCUT2D eigenvalue weighted by Gasteiger charge is -2.27. The molecule has 1 saturated carbocycles. The molecule has 1 unspecified atom stereocenters. The van der Waals surface area contributed by atoms with Crippen molar-refractivity contribution in [1.29, 1.82) is 0 Å². The third-order valence-electron chi connectivity index (χ3n) is 6.43. The molecule has 1 atom stereocenters. The molecule has 0 spiro atoms. The molecule has 176 valence electrons. The van der Waals surface area contributed by atoms with Gasteiger partial charge in [0.15, 0.2) is 0 Å². The maximum absolute atomic E-state index is 13.3. The monoisotopic (exact) mass is 459 g/mol. The zero-order chi connectivity index (χ0) is 23.1. The van der Waals surface area contributed by atoms with Gasteiger partial charge in [-0.3, -0.25) is 4.79 Å². The van der Waals surface area contributed by atoms with Crippen molar-refractivity contribution in [2.24, 2.45) is 0 Å². The van der Waals surface area contributed by atoms with Gasteiger partial charge in [0.05, 0.1) is 23.6 Å². The summed E-state index contributed by atoms with van der Waals surface area (Å²) >= 11 is 1.30. The van der Waals surface area contributed by atoms with E-state index in [-0.39, 0.29) is 11.9 Å². The number of ether oxygens (including phenoxy) is 1. The van der Waals surface area contributed by atoms with E-state index in [9.17, 15) is 9.59 Å². The van der Waals surface area contributed by atoms with Gasteiger partial charge in [-0.25, -0.2) is 9.78 Å². The van der Waals surface area contributed by atoms with E-state index in [1.54, 1.807) is 6.92 Å². The van der Waals surface area contributed by atoms with Gasteiger partial charge >= 0.3 is 5.97 Å². The summed E-state index contributed by atoms with van der Waals surface area (Å²) in [6.07, 6.45) is 10.0. The first-order valence-electron chi connectivity index (χ1n) is 12.2. The largest absolute Gasteiger partial charge is 0.461 e. The molecule has 1 aliphatic rings. The highest BCUT2D eigenvalue weighted by molar-refractivity contribution is 7.11. The van der Waals surface area contributed by atoms with Gasteiger partial charge in [-0.15, -0.1) is 11.3 Å². The van der Waals surface area contributed by atoms with Gasteiger partial charge in [0.1, 0.15) is 0 Å². The summed E-state index contributed by atoms with van der Waals surface area (Å²) in [6, 6.07) is 2.52. The number of aromatic nitrogens is 2. The normalized spacial score (nSPS) is 15.5. The number of carbonyl (C=O) groups is 2. The standard InChI is InChI=1S/C25H37N3O3S/c1-5-8-12-18(6-2)26-23(29)20-15-22(21-16-32-24(27-21)25(30)31-7-3)28(17(20)4)19-13-10-9-11-14-19/h15-16,18-19H,5-14H2,1-4H3,(H,26,29).